The number of aromatic nitrogens is 2. The van der Waals surface area contributed by atoms with Crippen LogP contribution < -0.4 is 14.8 Å². The molecule has 1 aliphatic carbocycles. The summed E-state index contributed by atoms with van der Waals surface area (Å²) in [6.07, 6.45) is 1.11. The number of aldehydes is 1. The number of methoxy groups -OCH3 is 1. The van der Waals surface area contributed by atoms with E-state index >= 15 is 0 Å². The third-order valence-electron chi connectivity index (χ3n) is 6.15. The number of carbonyl (C=O) groups is 3. The number of amides is 2. The van der Waals surface area contributed by atoms with Crippen LogP contribution in [-0.4, -0.2) is 77.6 Å². The number of hydrogen-bond donors (Lipinski definition) is 3. The summed E-state index contributed by atoms with van der Waals surface area (Å²) in [5.74, 6) is -0.185. The van der Waals surface area contributed by atoms with Crippen molar-refractivity contribution in [3.8, 4) is 17.2 Å². The van der Waals surface area contributed by atoms with Gasteiger partial charge in [-0.2, -0.15) is 5.10 Å². The fraction of sp³-hybridized carbons (Fsp3) is 0.478. The molecular formula is C23H27FN4O7. The summed E-state index contributed by atoms with van der Waals surface area (Å²) in [5, 5.41) is 19.5. The van der Waals surface area contributed by atoms with Crippen LogP contribution >= 0.6 is 0 Å². The number of rotatable bonds is 8. The summed E-state index contributed by atoms with van der Waals surface area (Å²) in [6, 6.07) is 4.36. The van der Waals surface area contributed by atoms with Gasteiger partial charge in [0, 0.05) is 36.4 Å². The summed E-state index contributed by atoms with van der Waals surface area (Å²) in [4.78, 5) is 37.1. The number of aromatic amines is 1. The molecule has 3 atom stereocenters. The number of benzene rings is 1. The van der Waals surface area contributed by atoms with Gasteiger partial charge in [-0.15, -0.1) is 0 Å². The number of H-pyrrole nitrogens is 1. The summed E-state index contributed by atoms with van der Waals surface area (Å²) >= 11 is 0. The molecule has 35 heavy (non-hydrogen) atoms. The van der Waals surface area contributed by atoms with Gasteiger partial charge in [-0.05, 0) is 25.7 Å². The van der Waals surface area contributed by atoms with Crippen LogP contribution in [0.5, 0.6) is 17.2 Å². The quantitative estimate of drug-likeness (QED) is 0.480. The molecule has 3 N–H and O–H groups in total. The van der Waals surface area contributed by atoms with Crippen molar-refractivity contribution >= 4 is 24.1 Å². The van der Waals surface area contributed by atoms with E-state index in [1.807, 2.05) is 0 Å². The molecule has 2 aliphatic rings. The van der Waals surface area contributed by atoms with E-state index in [-0.39, 0.29) is 41.4 Å². The molecule has 4 rings (SSSR count). The molecule has 0 radical (unpaired) electrons. The van der Waals surface area contributed by atoms with E-state index in [0.717, 1.165) is 12.1 Å². The lowest BCUT2D eigenvalue weighted by molar-refractivity contribution is -0.118. The van der Waals surface area contributed by atoms with Gasteiger partial charge >= 0.3 is 6.09 Å². The number of nitrogens with zero attached hydrogens (tertiary/aromatic N) is 2. The van der Waals surface area contributed by atoms with Crippen molar-refractivity contribution in [1.29, 1.82) is 0 Å². The average molecular weight is 490 g/mol. The number of hydrogen-bond acceptors (Lipinski definition) is 8. The Hall–Kier alpha value is -3.83. The molecule has 1 aliphatic heterocycles. The third kappa shape index (κ3) is 5.81. The van der Waals surface area contributed by atoms with E-state index in [2.05, 4.69) is 15.5 Å². The van der Waals surface area contributed by atoms with Gasteiger partial charge in [-0.1, -0.05) is 0 Å². The van der Waals surface area contributed by atoms with Gasteiger partial charge in [-0.25, -0.2) is 9.18 Å². The van der Waals surface area contributed by atoms with E-state index in [1.54, 1.807) is 6.07 Å². The number of ether oxygens (including phenoxy) is 3. The molecule has 1 saturated carbocycles. The number of phenols is 1. The Balaban J connectivity index is 1.27. The second kappa shape index (κ2) is 10.6. The minimum Gasteiger partial charge on any atom is -0.507 e. The number of nitrogens with one attached hydrogen (secondary N) is 2. The summed E-state index contributed by atoms with van der Waals surface area (Å²) in [7, 11) is 1.39. The lowest BCUT2D eigenvalue weighted by Gasteiger charge is -2.19. The summed E-state index contributed by atoms with van der Waals surface area (Å²) in [5.41, 5.74) is 0.706. The zero-order valence-corrected chi connectivity index (χ0v) is 19.2. The zero-order valence-electron chi connectivity index (χ0n) is 19.2. The number of halogens is 1. The lowest BCUT2D eigenvalue weighted by Crippen LogP contribution is -2.32. The Bertz CT molecular complexity index is 1090. The van der Waals surface area contributed by atoms with Gasteiger partial charge in [0.1, 0.15) is 29.5 Å². The maximum Gasteiger partial charge on any atom is 0.410 e. The van der Waals surface area contributed by atoms with Gasteiger partial charge in [0.25, 0.3) is 5.91 Å². The smallest absolute Gasteiger partial charge is 0.410 e. The second-order valence-corrected chi connectivity index (χ2v) is 8.57. The maximum atomic E-state index is 13.3. The number of carbonyl (C=O) groups excluding carboxylic acids is 3. The molecule has 0 spiro atoms. The van der Waals surface area contributed by atoms with E-state index in [9.17, 15) is 23.9 Å². The minimum atomic E-state index is -0.988. The second-order valence-electron chi connectivity index (χ2n) is 8.57. The van der Waals surface area contributed by atoms with Crippen molar-refractivity contribution in [3.63, 3.8) is 0 Å². The van der Waals surface area contributed by atoms with Crippen LogP contribution in [0.15, 0.2) is 18.2 Å². The van der Waals surface area contributed by atoms with Crippen molar-refractivity contribution in [2.45, 2.75) is 43.9 Å². The Kier molecular flexibility index (Phi) is 7.37. The molecular weight excluding hydrogens is 463 g/mol. The molecule has 2 amide bonds. The Morgan fingerprint density at radius 3 is 2.86 bits per heavy atom. The van der Waals surface area contributed by atoms with Gasteiger partial charge in [0.2, 0.25) is 0 Å². The van der Waals surface area contributed by atoms with Crippen LogP contribution in [0.3, 0.4) is 0 Å². The highest BCUT2D eigenvalue weighted by atomic mass is 19.1. The fourth-order valence-corrected chi connectivity index (χ4v) is 4.31. The van der Waals surface area contributed by atoms with Crippen LogP contribution in [0.2, 0.25) is 0 Å². The summed E-state index contributed by atoms with van der Waals surface area (Å²) in [6.45, 7) is 0.0317. The SMILES string of the molecule is COc1cc(O)c(C=O)c(OCC(=O)Nc2cc([C@H]3CC[C@@H](OC(=O)N4CC[C@@H](F)C4)C3)[nH]n2)c1. The van der Waals surface area contributed by atoms with Crippen LogP contribution in [0.4, 0.5) is 15.0 Å². The van der Waals surface area contributed by atoms with Gasteiger partial charge in [-0.3, -0.25) is 14.7 Å². The predicted octanol–water partition coefficient (Wildman–Crippen LogP) is 2.77. The zero-order chi connectivity index (χ0) is 24.9. The highest BCUT2D eigenvalue weighted by Crippen LogP contribution is 2.36. The molecule has 2 heterocycles. The summed E-state index contributed by atoms with van der Waals surface area (Å²) < 4.78 is 29.3. The van der Waals surface area contributed by atoms with Gasteiger partial charge in [0.05, 0.1) is 19.2 Å². The van der Waals surface area contributed by atoms with Crippen LogP contribution in [0.25, 0.3) is 0 Å². The maximum absolute atomic E-state index is 13.3. The van der Waals surface area contributed by atoms with E-state index in [1.165, 1.54) is 24.1 Å². The first kappa shape index (κ1) is 24.3. The van der Waals surface area contributed by atoms with Crippen LogP contribution in [0.1, 0.15) is 47.7 Å². The van der Waals surface area contributed by atoms with E-state index in [4.69, 9.17) is 14.2 Å². The normalized spacial score (nSPS) is 21.5. The number of alkyl halides is 1. The predicted molar refractivity (Wildman–Crippen MR) is 121 cm³/mol. The molecule has 1 aromatic carbocycles. The monoisotopic (exact) mass is 490 g/mol. The Labute approximate surface area is 200 Å². The first-order chi connectivity index (χ1) is 16.9. The average Bonchev–Trinajstić information content (AvgIpc) is 3.58. The highest BCUT2D eigenvalue weighted by Gasteiger charge is 2.33. The molecule has 11 nitrogen and oxygen atoms in total. The lowest BCUT2D eigenvalue weighted by atomic mass is 10.0. The number of likely N-dealkylation sites (tertiary alicyclic amines) is 1. The van der Waals surface area contributed by atoms with Gasteiger partial charge in [0.15, 0.2) is 18.7 Å². The van der Waals surface area contributed by atoms with Crippen LogP contribution in [0, 0.1) is 0 Å². The topological polar surface area (TPSA) is 143 Å². The van der Waals surface area contributed by atoms with Crippen molar-refractivity contribution in [2.24, 2.45) is 0 Å². The van der Waals surface area contributed by atoms with E-state index < -0.39 is 24.8 Å². The van der Waals surface area contributed by atoms with E-state index in [0.29, 0.717) is 37.9 Å². The molecule has 2 fully saturated rings. The molecule has 1 saturated heterocycles. The van der Waals surface area contributed by atoms with Crippen molar-refractivity contribution in [3.05, 3.63) is 29.5 Å². The molecule has 0 unspecified atom stereocenters. The first-order valence-electron chi connectivity index (χ1n) is 11.3. The third-order valence-corrected chi connectivity index (χ3v) is 6.15. The van der Waals surface area contributed by atoms with Gasteiger partial charge < -0.3 is 29.5 Å². The van der Waals surface area contributed by atoms with Crippen molar-refractivity contribution in [1.82, 2.24) is 15.1 Å². The van der Waals surface area contributed by atoms with Crippen molar-refractivity contribution < 1.29 is 38.1 Å². The molecule has 12 heteroatoms. The molecule has 0 bridgehead atoms. The molecule has 2 aromatic rings. The molecule has 188 valence electrons. The fourth-order valence-electron chi connectivity index (χ4n) is 4.31. The first-order valence-corrected chi connectivity index (χ1v) is 11.3. The minimum absolute atomic E-state index is 0.0113. The standard InChI is InChI=1S/C23H27FN4O7/c1-33-16-7-19(30)17(11-29)20(8-16)34-12-22(31)25-21-9-18(26-27-21)13-2-3-15(6-13)35-23(32)28-5-4-14(24)10-28/h7-9,11,13-15,30H,2-6,10,12H2,1H3,(H2,25,26,27,31)/t13-,14+,15+/m0/s1. The largest absolute Gasteiger partial charge is 0.507 e. The molecule has 1 aromatic heterocycles. The number of phenolic OH excluding ortho intramolecular Hbond substituents is 1. The number of anilines is 1. The highest BCUT2D eigenvalue weighted by molar-refractivity contribution is 5.91. The van der Waals surface area contributed by atoms with Crippen molar-refractivity contribution in [2.75, 3.05) is 32.1 Å². The van der Waals surface area contributed by atoms with Crippen LogP contribution in [-0.2, 0) is 9.53 Å². The number of aromatic hydroxyl groups is 1. The Morgan fingerprint density at radius 1 is 1.31 bits per heavy atom. The Morgan fingerprint density at radius 2 is 2.14 bits per heavy atom.